The van der Waals surface area contributed by atoms with E-state index in [-0.39, 0.29) is 30.1 Å². The van der Waals surface area contributed by atoms with Crippen molar-refractivity contribution in [1.82, 2.24) is 15.5 Å². The molecule has 1 saturated heterocycles. The quantitative estimate of drug-likeness (QED) is 0.788. The lowest BCUT2D eigenvalue weighted by molar-refractivity contribution is -0.126. The molecule has 2 rings (SSSR count). The Hall–Kier alpha value is -1.59. The van der Waals surface area contributed by atoms with Crippen LogP contribution in [0.1, 0.15) is 36.7 Å². The Morgan fingerprint density at radius 2 is 1.79 bits per heavy atom. The molecule has 2 amide bonds. The maximum absolute atomic E-state index is 12.2. The number of halogens is 1. The number of nitrogens with zero attached hydrogens (tertiary/aromatic N) is 1. The molecule has 1 aromatic carbocycles. The average Bonchev–Trinajstić information content (AvgIpc) is 2.52. The van der Waals surface area contributed by atoms with E-state index in [2.05, 4.69) is 10.6 Å². The van der Waals surface area contributed by atoms with Gasteiger partial charge < -0.3 is 15.5 Å². The maximum Gasteiger partial charge on any atom is 0.253 e. The van der Waals surface area contributed by atoms with E-state index in [1.165, 1.54) is 0 Å². The predicted octanol–water partition coefficient (Wildman–Crippen LogP) is 2.06. The van der Waals surface area contributed by atoms with Crippen molar-refractivity contribution in [3.05, 3.63) is 35.4 Å². The van der Waals surface area contributed by atoms with Gasteiger partial charge in [0, 0.05) is 31.1 Å². The van der Waals surface area contributed by atoms with Gasteiger partial charge in [0.25, 0.3) is 5.91 Å². The van der Waals surface area contributed by atoms with Crippen LogP contribution in [-0.2, 0) is 11.3 Å². The van der Waals surface area contributed by atoms with Gasteiger partial charge >= 0.3 is 0 Å². The van der Waals surface area contributed by atoms with Crippen molar-refractivity contribution in [1.29, 1.82) is 0 Å². The second-order valence-electron chi connectivity index (χ2n) is 6.10. The fourth-order valence-electron chi connectivity index (χ4n) is 2.69. The second kappa shape index (κ2) is 9.64. The maximum atomic E-state index is 12.2. The summed E-state index contributed by atoms with van der Waals surface area (Å²) < 4.78 is 0. The Labute approximate surface area is 150 Å². The molecular formula is C18H28ClN3O2. The third-order valence-corrected chi connectivity index (χ3v) is 4.65. The first-order valence-electron chi connectivity index (χ1n) is 8.43. The van der Waals surface area contributed by atoms with E-state index in [1.54, 1.807) is 4.90 Å². The summed E-state index contributed by atoms with van der Waals surface area (Å²) in [4.78, 5) is 26.1. The van der Waals surface area contributed by atoms with E-state index < -0.39 is 0 Å². The number of hydrogen-bond acceptors (Lipinski definition) is 3. The molecule has 1 aliphatic rings. The van der Waals surface area contributed by atoms with Crippen LogP contribution in [0.3, 0.4) is 0 Å². The van der Waals surface area contributed by atoms with Crippen LogP contribution in [0.2, 0.25) is 0 Å². The Bertz CT molecular complexity index is 540. The van der Waals surface area contributed by atoms with Gasteiger partial charge in [0.15, 0.2) is 0 Å². The van der Waals surface area contributed by atoms with Gasteiger partial charge in [-0.15, -0.1) is 12.4 Å². The van der Waals surface area contributed by atoms with Crippen molar-refractivity contribution in [2.75, 3.05) is 26.2 Å². The number of carbonyl (C=O) groups is 2. The molecule has 0 aliphatic carbocycles. The van der Waals surface area contributed by atoms with E-state index in [9.17, 15) is 9.59 Å². The summed E-state index contributed by atoms with van der Waals surface area (Å²) in [6.45, 7) is 9.71. The van der Waals surface area contributed by atoms with Crippen molar-refractivity contribution in [3.63, 3.8) is 0 Å². The van der Waals surface area contributed by atoms with Gasteiger partial charge in [0.1, 0.15) is 0 Å². The molecule has 1 heterocycles. The largest absolute Gasteiger partial charge is 0.352 e. The van der Waals surface area contributed by atoms with E-state index in [0.29, 0.717) is 31.1 Å². The molecule has 0 saturated carbocycles. The smallest absolute Gasteiger partial charge is 0.253 e. The molecule has 2 N–H and O–H groups in total. The van der Waals surface area contributed by atoms with Gasteiger partial charge in [-0.2, -0.15) is 0 Å². The van der Waals surface area contributed by atoms with Crippen LogP contribution in [0, 0.1) is 11.8 Å². The van der Waals surface area contributed by atoms with Crippen molar-refractivity contribution in [3.8, 4) is 0 Å². The fraction of sp³-hybridized carbons (Fsp3) is 0.556. The molecule has 5 nitrogen and oxygen atoms in total. The molecule has 1 aliphatic heterocycles. The molecule has 0 aromatic heterocycles. The van der Waals surface area contributed by atoms with Gasteiger partial charge in [0.05, 0.1) is 0 Å². The first kappa shape index (κ1) is 20.5. The first-order chi connectivity index (χ1) is 11.1. The Morgan fingerprint density at radius 3 is 2.25 bits per heavy atom. The summed E-state index contributed by atoms with van der Waals surface area (Å²) in [5.74, 6) is 0.639. The molecule has 1 fully saturated rings. The fourth-order valence-corrected chi connectivity index (χ4v) is 2.69. The van der Waals surface area contributed by atoms with Crippen molar-refractivity contribution in [2.24, 2.45) is 11.8 Å². The zero-order valence-corrected chi connectivity index (χ0v) is 15.5. The lowest BCUT2D eigenvalue weighted by Crippen LogP contribution is -2.49. The monoisotopic (exact) mass is 353 g/mol. The third-order valence-electron chi connectivity index (χ3n) is 4.65. The van der Waals surface area contributed by atoms with Gasteiger partial charge in [-0.3, -0.25) is 9.59 Å². The summed E-state index contributed by atoms with van der Waals surface area (Å²) in [6.07, 6.45) is 0. The summed E-state index contributed by atoms with van der Waals surface area (Å²) >= 11 is 0. The van der Waals surface area contributed by atoms with Crippen LogP contribution < -0.4 is 10.6 Å². The predicted molar refractivity (Wildman–Crippen MR) is 98.3 cm³/mol. The van der Waals surface area contributed by atoms with Crippen LogP contribution in [0.5, 0.6) is 0 Å². The molecule has 0 radical (unpaired) electrons. The van der Waals surface area contributed by atoms with Gasteiger partial charge in [-0.25, -0.2) is 0 Å². The van der Waals surface area contributed by atoms with Crippen molar-refractivity contribution < 1.29 is 9.59 Å². The lowest BCUT2D eigenvalue weighted by atomic mass is 9.88. The van der Waals surface area contributed by atoms with E-state index in [4.69, 9.17) is 0 Å². The van der Waals surface area contributed by atoms with Gasteiger partial charge in [-0.1, -0.05) is 19.1 Å². The number of amides is 2. The summed E-state index contributed by atoms with van der Waals surface area (Å²) in [6, 6.07) is 7.49. The minimum Gasteiger partial charge on any atom is -0.352 e. The molecule has 0 spiro atoms. The number of benzene rings is 1. The SMILES string of the molecule is CCN(CC)C(=O)c1ccc(CNC(=O)C(C)C2CNC2)cc1.Cl. The molecule has 1 unspecified atom stereocenters. The minimum atomic E-state index is 0. The van der Waals surface area contributed by atoms with Crippen LogP contribution in [0.25, 0.3) is 0 Å². The number of rotatable bonds is 7. The normalized spacial score (nSPS) is 15.0. The van der Waals surface area contributed by atoms with Crippen LogP contribution >= 0.6 is 12.4 Å². The number of hydrogen-bond donors (Lipinski definition) is 2. The molecular weight excluding hydrogens is 326 g/mol. The van der Waals surface area contributed by atoms with E-state index in [0.717, 1.165) is 18.7 Å². The number of nitrogens with one attached hydrogen (secondary N) is 2. The molecule has 1 aromatic rings. The standard InChI is InChI=1S/C18H27N3O2.ClH/c1-4-21(5-2)18(23)15-8-6-14(7-9-15)10-20-17(22)13(3)16-11-19-12-16;/h6-9,13,16,19H,4-5,10-12H2,1-3H3,(H,20,22);1H. The Kier molecular flexibility index (Phi) is 8.22. The summed E-state index contributed by atoms with van der Waals surface area (Å²) in [5.41, 5.74) is 1.70. The molecule has 1 atom stereocenters. The third kappa shape index (κ3) is 4.95. The summed E-state index contributed by atoms with van der Waals surface area (Å²) in [7, 11) is 0. The highest BCUT2D eigenvalue weighted by atomic mass is 35.5. The van der Waals surface area contributed by atoms with Gasteiger partial charge in [0.2, 0.25) is 5.91 Å². The molecule has 24 heavy (non-hydrogen) atoms. The van der Waals surface area contributed by atoms with Crippen LogP contribution in [-0.4, -0.2) is 42.9 Å². The molecule has 0 bridgehead atoms. The highest BCUT2D eigenvalue weighted by Crippen LogP contribution is 2.16. The Balaban J connectivity index is 0.00000288. The molecule has 6 heteroatoms. The minimum absolute atomic E-state index is 0. The van der Waals surface area contributed by atoms with Crippen molar-refractivity contribution in [2.45, 2.75) is 27.3 Å². The van der Waals surface area contributed by atoms with Crippen LogP contribution in [0.15, 0.2) is 24.3 Å². The highest BCUT2D eigenvalue weighted by Gasteiger charge is 2.28. The summed E-state index contributed by atoms with van der Waals surface area (Å²) in [5, 5.41) is 6.17. The van der Waals surface area contributed by atoms with Crippen molar-refractivity contribution >= 4 is 24.2 Å². The zero-order chi connectivity index (χ0) is 16.8. The first-order valence-corrected chi connectivity index (χ1v) is 8.43. The zero-order valence-electron chi connectivity index (χ0n) is 14.7. The Morgan fingerprint density at radius 1 is 1.21 bits per heavy atom. The average molecular weight is 354 g/mol. The number of carbonyl (C=O) groups excluding carboxylic acids is 2. The van der Waals surface area contributed by atoms with E-state index >= 15 is 0 Å². The van der Waals surface area contributed by atoms with Crippen LogP contribution in [0.4, 0.5) is 0 Å². The topological polar surface area (TPSA) is 61.4 Å². The second-order valence-corrected chi connectivity index (χ2v) is 6.10. The van der Waals surface area contributed by atoms with E-state index in [1.807, 2.05) is 45.0 Å². The highest BCUT2D eigenvalue weighted by molar-refractivity contribution is 5.94. The lowest BCUT2D eigenvalue weighted by Gasteiger charge is -2.31. The molecule has 134 valence electrons. The van der Waals surface area contributed by atoms with Gasteiger partial charge in [-0.05, 0) is 50.6 Å².